The van der Waals surface area contributed by atoms with Crippen LogP contribution in [0.2, 0.25) is 5.02 Å². The van der Waals surface area contributed by atoms with Crippen molar-refractivity contribution in [3.8, 4) is 11.1 Å². The molecule has 5 nitrogen and oxygen atoms in total. The number of benzene rings is 2. The first-order chi connectivity index (χ1) is 11.8. The maximum Gasteiger partial charge on any atom is 0.261 e. The smallest absolute Gasteiger partial charge is 0.261 e. The predicted molar refractivity (Wildman–Crippen MR) is 93.6 cm³/mol. The van der Waals surface area contributed by atoms with Gasteiger partial charge in [-0.3, -0.25) is 4.72 Å². The Hall–Kier alpha value is -2.38. The van der Waals surface area contributed by atoms with Crippen LogP contribution in [-0.4, -0.2) is 13.6 Å². The summed E-state index contributed by atoms with van der Waals surface area (Å²) in [7, 11) is -3.82. The van der Waals surface area contributed by atoms with Gasteiger partial charge in [0.1, 0.15) is 11.6 Å². The van der Waals surface area contributed by atoms with Crippen molar-refractivity contribution in [2.75, 3.05) is 4.72 Å². The van der Waals surface area contributed by atoms with E-state index in [2.05, 4.69) is 9.88 Å². The van der Waals surface area contributed by atoms with E-state index in [9.17, 15) is 12.8 Å². The molecule has 3 rings (SSSR count). The molecule has 0 aliphatic carbocycles. The standard InChI is InChI=1S/C17H14ClFN2O3S/c1-10-17(11(2)24-20-10)12-3-6-14(7-4-12)25(22,23)21-13-5-8-16(19)15(18)9-13/h3-9,21H,1-2H3. The average Bonchev–Trinajstić information content (AvgIpc) is 2.90. The molecule has 1 N–H and O–H groups in total. The number of aromatic nitrogens is 1. The topological polar surface area (TPSA) is 72.2 Å². The second-order valence-corrected chi connectivity index (χ2v) is 7.55. The summed E-state index contributed by atoms with van der Waals surface area (Å²) in [6, 6.07) is 9.94. The quantitative estimate of drug-likeness (QED) is 0.720. The highest BCUT2D eigenvalue weighted by Gasteiger charge is 2.17. The molecule has 1 heterocycles. The number of nitrogens with one attached hydrogen (secondary N) is 1. The number of hydrogen-bond donors (Lipinski definition) is 1. The Morgan fingerprint density at radius 3 is 2.36 bits per heavy atom. The van der Waals surface area contributed by atoms with Gasteiger partial charge in [-0.25, -0.2) is 12.8 Å². The highest BCUT2D eigenvalue weighted by atomic mass is 35.5. The van der Waals surface area contributed by atoms with Crippen LogP contribution in [0.1, 0.15) is 11.5 Å². The van der Waals surface area contributed by atoms with Crippen molar-refractivity contribution in [2.45, 2.75) is 18.7 Å². The van der Waals surface area contributed by atoms with Crippen LogP contribution < -0.4 is 4.72 Å². The minimum Gasteiger partial charge on any atom is -0.361 e. The molecule has 3 aromatic rings. The largest absolute Gasteiger partial charge is 0.361 e. The molecule has 0 radical (unpaired) electrons. The van der Waals surface area contributed by atoms with Crippen molar-refractivity contribution < 1.29 is 17.3 Å². The third-order valence-electron chi connectivity index (χ3n) is 3.66. The van der Waals surface area contributed by atoms with E-state index in [0.29, 0.717) is 5.76 Å². The normalized spacial score (nSPS) is 11.5. The Morgan fingerprint density at radius 2 is 1.80 bits per heavy atom. The van der Waals surface area contributed by atoms with Gasteiger partial charge in [-0.15, -0.1) is 0 Å². The van der Waals surface area contributed by atoms with Gasteiger partial charge in [-0.05, 0) is 49.7 Å². The summed E-state index contributed by atoms with van der Waals surface area (Å²) in [5, 5.41) is 3.73. The first-order valence-electron chi connectivity index (χ1n) is 7.29. The molecule has 0 saturated heterocycles. The first kappa shape index (κ1) is 17.4. The van der Waals surface area contributed by atoms with E-state index in [-0.39, 0.29) is 15.6 Å². The van der Waals surface area contributed by atoms with Gasteiger partial charge in [0.25, 0.3) is 10.0 Å². The maximum atomic E-state index is 13.2. The highest BCUT2D eigenvalue weighted by molar-refractivity contribution is 7.92. The number of anilines is 1. The van der Waals surface area contributed by atoms with E-state index in [1.165, 1.54) is 24.3 Å². The molecule has 0 bridgehead atoms. The van der Waals surface area contributed by atoms with Crippen molar-refractivity contribution >= 4 is 27.3 Å². The third kappa shape index (κ3) is 3.52. The van der Waals surface area contributed by atoms with Crippen LogP contribution in [0, 0.1) is 19.7 Å². The second kappa shape index (κ2) is 6.50. The molecule has 1 aromatic heterocycles. The highest BCUT2D eigenvalue weighted by Crippen LogP contribution is 2.28. The molecular formula is C17H14ClFN2O3S. The summed E-state index contributed by atoms with van der Waals surface area (Å²) in [5.41, 5.74) is 2.55. The number of halogens is 2. The lowest BCUT2D eigenvalue weighted by molar-refractivity contribution is 0.393. The van der Waals surface area contributed by atoms with Crippen molar-refractivity contribution in [1.29, 1.82) is 0 Å². The second-order valence-electron chi connectivity index (χ2n) is 5.46. The fourth-order valence-electron chi connectivity index (χ4n) is 2.47. The Labute approximate surface area is 149 Å². The molecule has 0 unspecified atom stereocenters. The zero-order chi connectivity index (χ0) is 18.2. The van der Waals surface area contributed by atoms with E-state index < -0.39 is 15.8 Å². The van der Waals surface area contributed by atoms with E-state index in [0.717, 1.165) is 22.9 Å². The molecule has 0 aliphatic rings. The molecule has 0 spiro atoms. The monoisotopic (exact) mass is 380 g/mol. The van der Waals surface area contributed by atoms with Crippen LogP contribution in [-0.2, 0) is 10.0 Å². The zero-order valence-corrected chi connectivity index (χ0v) is 15.0. The van der Waals surface area contributed by atoms with Crippen LogP contribution in [0.4, 0.5) is 10.1 Å². The SMILES string of the molecule is Cc1noc(C)c1-c1ccc(S(=O)(=O)Nc2ccc(F)c(Cl)c2)cc1. The zero-order valence-electron chi connectivity index (χ0n) is 13.4. The molecule has 130 valence electrons. The first-order valence-corrected chi connectivity index (χ1v) is 9.15. The van der Waals surface area contributed by atoms with Crippen LogP contribution in [0.15, 0.2) is 51.9 Å². The summed E-state index contributed by atoms with van der Waals surface area (Å²) in [6.45, 7) is 3.61. The van der Waals surface area contributed by atoms with Crippen LogP contribution in [0.25, 0.3) is 11.1 Å². The van der Waals surface area contributed by atoms with Crippen molar-refractivity contribution in [3.63, 3.8) is 0 Å². The minimum atomic E-state index is -3.82. The number of sulfonamides is 1. The van der Waals surface area contributed by atoms with E-state index in [4.69, 9.17) is 16.1 Å². The van der Waals surface area contributed by atoms with Gasteiger partial charge < -0.3 is 4.52 Å². The Kier molecular flexibility index (Phi) is 4.53. The number of rotatable bonds is 4. The lowest BCUT2D eigenvalue weighted by Gasteiger charge is -2.09. The van der Waals surface area contributed by atoms with Gasteiger partial charge in [0, 0.05) is 5.56 Å². The van der Waals surface area contributed by atoms with Crippen molar-refractivity contribution in [2.24, 2.45) is 0 Å². The number of hydrogen-bond acceptors (Lipinski definition) is 4. The fraction of sp³-hybridized carbons (Fsp3) is 0.118. The van der Waals surface area contributed by atoms with Crippen molar-refractivity contribution in [3.05, 3.63) is 64.8 Å². The van der Waals surface area contributed by atoms with Crippen LogP contribution in [0.3, 0.4) is 0 Å². The summed E-state index contributed by atoms with van der Waals surface area (Å²) >= 11 is 5.67. The molecule has 0 fully saturated rings. The molecule has 8 heteroatoms. The summed E-state index contributed by atoms with van der Waals surface area (Å²) in [5.74, 6) is 0.0422. The molecular weight excluding hydrogens is 367 g/mol. The Bertz CT molecular complexity index is 1010. The lowest BCUT2D eigenvalue weighted by atomic mass is 10.0. The third-order valence-corrected chi connectivity index (χ3v) is 5.35. The Morgan fingerprint density at radius 1 is 1.12 bits per heavy atom. The molecule has 0 saturated carbocycles. The summed E-state index contributed by atoms with van der Waals surface area (Å²) in [4.78, 5) is 0.0726. The summed E-state index contributed by atoms with van der Waals surface area (Å²) in [6.07, 6.45) is 0. The van der Waals surface area contributed by atoms with Crippen molar-refractivity contribution in [1.82, 2.24) is 5.16 Å². The van der Waals surface area contributed by atoms with Gasteiger partial charge in [-0.2, -0.15) is 0 Å². The van der Waals surface area contributed by atoms with Gasteiger partial charge in [0.15, 0.2) is 0 Å². The van der Waals surface area contributed by atoms with E-state index in [1.54, 1.807) is 19.1 Å². The average molecular weight is 381 g/mol. The van der Waals surface area contributed by atoms with Gasteiger partial charge in [-0.1, -0.05) is 28.9 Å². The van der Waals surface area contributed by atoms with Crippen LogP contribution in [0.5, 0.6) is 0 Å². The van der Waals surface area contributed by atoms with Gasteiger partial charge in [0.2, 0.25) is 0 Å². The molecule has 0 atom stereocenters. The van der Waals surface area contributed by atoms with E-state index in [1.807, 2.05) is 6.92 Å². The molecule has 25 heavy (non-hydrogen) atoms. The Balaban J connectivity index is 1.89. The number of nitrogens with zero attached hydrogens (tertiary/aromatic N) is 1. The molecule has 0 amide bonds. The van der Waals surface area contributed by atoms with Gasteiger partial charge in [0.05, 0.1) is 21.3 Å². The van der Waals surface area contributed by atoms with Gasteiger partial charge >= 0.3 is 0 Å². The van der Waals surface area contributed by atoms with Crippen LogP contribution >= 0.6 is 11.6 Å². The maximum absolute atomic E-state index is 13.2. The minimum absolute atomic E-state index is 0.0726. The fourth-order valence-corrected chi connectivity index (χ4v) is 3.70. The van der Waals surface area contributed by atoms with E-state index >= 15 is 0 Å². The predicted octanol–water partition coefficient (Wildman–Crippen LogP) is 4.55. The lowest BCUT2D eigenvalue weighted by Crippen LogP contribution is -2.12. The molecule has 0 aliphatic heterocycles. The molecule has 2 aromatic carbocycles. The summed E-state index contributed by atoms with van der Waals surface area (Å²) < 4.78 is 45.6. The number of aryl methyl sites for hydroxylation is 2.